The first-order valence-corrected chi connectivity index (χ1v) is 10.6. The first kappa shape index (κ1) is 22.3. The Morgan fingerprint density at radius 1 is 1.30 bits per heavy atom. The molecule has 0 bridgehead atoms. The van der Waals surface area contributed by atoms with Crippen molar-refractivity contribution in [2.45, 2.75) is 19.8 Å². The van der Waals surface area contributed by atoms with Crippen LogP contribution in [0.5, 0.6) is 11.5 Å². The molecule has 3 rings (SSSR count). The third-order valence-corrected chi connectivity index (χ3v) is 5.00. The number of fused-ring (bicyclic) bond motifs is 1. The lowest BCUT2D eigenvalue weighted by Gasteiger charge is -2.26. The van der Waals surface area contributed by atoms with Crippen LogP contribution in [0, 0.1) is 0 Å². The van der Waals surface area contributed by atoms with Gasteiger partial charge in [0.25, 0.3) is 0 Å². The Kier molecular flexibility index (Phi) is 8.30. The summed E-state index contributed by atoms with van der Waals surface area (Å²) < 4.78 is 17.0. The molecule has 1 saturated heterocycles. The fourth-order valence-corrected chi connectivity index (χ4v) is 3.43. The van der Waals surface area contributed by atoms with Crippen molar-refractivity contribution in [1.29, 1.82) is 0 Å². The van der Waals surface area contributed by atoms with Crippen molar-refractivity contribution in [2.75, 3.05) is 51.9 Å². The first-order chi connectivity index (χ1) is 14.6. The fourth-order valence-electron chi connectivity index (χ4n) is 3.30. The monoisotopic (exact) mass is 432 g/mol. The molecule has 1 aromatic carbocycles. The van der Waals surface area contributed by atoms with E-state index in [1.165, 1.54) is 6.33 Å². The molecule has 30 heavy (non-hydrogen) atoms. The quantitative estimate of drug-likeness (QED) is 0.445. The summed E-state index contributed by atoms with van der Waals surface area (Å²) in [7, 11) is 1.63. The van der Waals surface area contributed by atoms with E-state index >= 15 is 0 Å². The Balaban J connectivity index is 1.75. The highest BCUT2D eigenvalue weighted by Gasteiger charge is 2.13. The van der Waals surface area contributed by atoms with Gasteiger partial charge in [0.2, 0.25) is 0 Å². The predicted molar refractivity (Wildman–Crippen MR) is 120 cm³/mol. The Labute approximate surface area is 182 Å². The molecule has 1 aliphatic rings. The number of anilines is 1. The van der Waals surface area contributed by atoms with Crippen molar-refractivity contribution in [3.8, 4) is 11.5 Å². The molecule has 0 aliphatic carbocycles. The van der Waals surface area contributed by atoms with Crippen LogP contribution in [0.3, 0.4) is 0 Å². The second-order valence-corrected chi connectivity index (χ2v) is 7.48. The van der Waals surface area contributed by atoms with Crippen LogP contribution in [-0.4, -0.2) is 61.4 Å². The van der Waals surface area contributed by atoms with Gasteiger partial charge in [-0.3, -0.25) is 4.90 Å². The zero-order chi connectivity index (χ0) is 21.3. The third-order valence-electron chi connectivity index (χ3n) is 4.89. The van der Waals surface area contributed by atoms with E-state index in [9.17, 15) is 0 Å². The number of benzene rings is 1. The predicted octanol–water partition coefficient (Wildman–Crippen LogP) is 4.20. The molecule has 1 fully saturated rings. The normalized spacial score (nSPS) is 15.2. The highest BCUT2D eigenvalue weighted by atomic mass is 35.5. The molecule has 7 nitrogen and oxygen atoms in total. The van der Waals surface area contributed by atoms with Crippen molar-refractivity contribution >= 4 is 28.3 Å². The molecule has 0 spiro atoms. The van der Waals surface area contributed by atoms with Crippen molar-refractivity contribution in [1.82, 2.24) is 14.9 Å². The number of halogens is 1. The van der Waals surface area contributed by atoms with Gasteiger partial charge in [0.05, 0.1) is 32.4 Å². The van der Waals surface area contributed by atoms with Crippen LogP contribution < -0.4 is 14.8 Å². The number of nitrogens with zero attached hydrogens (tertiary/aromatic N) is 3. The molecule has 1 N–H and O–H groups in total. The molecule has 2 heterocycles. The number of ether oxygens (including phenoxy) is 3. The highest BCUT2D eigenvalue weighted by molar-refractivity contribution is 6.30. The summed E-state index contributed by atoms with van der Waals surface area (Å²) in [6.45, 7) is 10.9. The molecule has 0 saturated carbocycles. The van der Waals surface area contributed by atoms with Crippen LogP contribution >= 0.6 is 11.6 Å². The van der Waals surface area contributed by atoms with Gasteiger partial charge in [-0.15, -0.1) is 0 Å². The second kappa shape index (κ2) is 11.2. The lowest BCUT2D eigenvalue weighted by Crippen LogP contribution is -2.37. The molecule has 162 valence electrons. The zero-order valence-corrected chi connectivity index (χ0v) is 18.4. The minimum absolute atomic E-state index is 0.462. The average Bonchev–Trinajstić information content (AvgIpc) is 2.76. The smallest absolute Gasteiger partial charge is 0.162 e. The van der Waals surface area contributed by atoms with Gasteiger partial charge in [0, 0.05) is 41.8 Å². The zero-order valence-electron chi connectivity index (χ0n) is 17.6. The molecular weight excluding hydrogens is 404 g/mol. The summed E-state index contributed by atoms with van der Waals surface area (Å²) >= 11 is 5.94. The average molecular weight is 433 g/mol. The number of rotatable bonds is 10. The lowest BCUT2D eigenvalue weighted by atomic mass is 10.2. The SMILES string of the molecule is C=C(Cl)/C=C(\CC)Nc1ncnc2cc(OC)c(OCCCN3CCOCC3)cc12. The maximum Gasteiger partial charge on any atom is 0.162 e. The van der Waals surface area contributed by atoms with Crippen molar-refractivity contribution in [3.05, 3.63) is 41.8 Å². The van der Waals surface area contributed by atoms with E-state index in [0.29, 0.717) is 29.0 Å². The van der Waals surface area contributed by atoms with Gasteiger partial charge in [-0.05, 0) is 25.0 Å². The summed E-state index contributed by atoms with van der Waals surface area (Å²) in [6.07, 6.45) is 5.01. The van der Waals surface area contributed by atoms with Crippen molar-refractivity contribution in [2.24, 2.45) is 0 Å². The van der Waals surface area contributed by atoms with Crippen LogP contribution in [0.15, 0.2) is 41.8 Å². The molecular formula is C22H29ClN4O3. The van der Waals surface area contributed by atoms with Crippen LogP contribution in [0.1, 0.15) is 19.8 Å². The van der Waals surface area contributed by atoms with Gasteiger partial charge in [-0.25, -0.2) is 9.97 Å². The maximum absolute atomic E-state index is 6.06. The summed E-state index contributed by atoms with van der Waals surface area (Å²) in [4.78, 5) is 11.2. The molecule has 0 amide bonds. The van der Waals surface area contributed by atoms with Crippen LogP contribution in [0.4, 0.5) is 5.82 Å². The van der Waals surface area contributed by atoms with Gasteiger partial charge >= 0.3 is 0 Å². The summed E-state index contributed by atoms with van der Waals surface area (Å²) in [5.41, 5.74) is 1.68. The third kappa shape index (κ3) is 6.08. The first-order valence-electron chi connectivity index (χ1n) is 10.2. The van der Waals surface area contributed by atoms with Crippen LogP contribution in [-0.2, 0) is 4.74 Å². The Bertz CT molecular complexity index is 897. The molecule has 8 heteroatoms. The van der Waals surface area contributed by atoms with Crippen LogP contribution in [0.25, 0.3) is 10.9 Å². The van der Waals surface area contributed by atoms with E-state index in [4.69, 9.17) is 25.8 Å². The van der Waals surface area contributed by atoms with E-state index in [-0.39, 0.29) is 0 Å². The number of morpholine rings is 1. The molecule has 0 unspecified atom stereocenters. The number of allylic oxidation sites excluding steroid dienone is 3. The van der Waals surface area contributed by atoms with Crippen LogP contribution in [0.2, 0.25) is 0 Å². The minimum Gasteiger partial charge on any atom is -0.493 e. The Morgan fingerprint density at radius 3 is 2.80 bits per heavy atom. The lowest BCUT2D eigenvalue weighted by molar-refractivity contribution is 0.0357. The summed E-state index contributed by atoms with van der Waals surface area (Å²) in [5, 5.41) is 4.64. The van der Waals surface area contributed by atoms with Crippen molar-refractivity contribution < 1.29 is 14.2 Å². The summed E-state index contributed by atoms with van der Waals surface area (Å²) in [6, 6.07) is 3.79. The van der Waals surface area contributed by atoms with Gasteiger partial charge in [0.1, 0.15) is 12.1 Å². The minimum atomic E-state index is 0.462. The van der Waals surface area contributed by atoms with E-state index in [0.717, 1.165) is 62.3 Å². The van der Waals surface area contributed by atoms with E-state index in [1.807, 2.05) is 19.1 Å². The number of aromatic nitrogens is 2. The maximum atomic E-state index is 6.06. The van der Waals surface area contributed by atoms with E-state index in [2.05, 4.69) is 26.8 Å². The molecule has 0 radical (unpaired) electrons. The molecule has 2 aromatic rings. The number of methoxy groups -OCH3 is 1. The van der Waals surface area contributed by atoms with Gasteiger partial charge in [-0.1, -0.05) is 25.1 Å². The standard InChI is InChI=1S/C22H29ClN4O3/c1-4-17(12-16(2)23)26-22-18-13-21(20(28-3)14-19(18)24-15-25-22)30-9-5-6-27-7-10-29-11-8-27/h12-15H,2,4-11H2,1,3H3,(H,24,25,26)/b17-12+. The Morgan fingerprint density at radius 2 is 2.10 bits per heavy atom. The van der Waals surface area contributed by atoms with Gasteiger partial charge in [0.15, 0.2) is 11.5 Å². The second-order valence-electron chi connectivity index (χ2n) is 6.99. The number of hydrogen-bond acceptors (Lipinski definition) is 7. The fraction of sp³-hybridized carbons (Fsp3) is 0.455. The Hall–Kier alpha value is -2.35. The molecule has 1 aliphatic heterocycles. The molecule has 1 aromatic heterocycles. The van der Waals surface area contributed by atoms with Gasteiger partial charge < -0.3 is 19.5 Å². The summed E-state index contributed by atoms with van der Waals surface area (Å²) in [5.74, 6) is 2.01. The molecule has 0 atom stereocenters. The highest BCUT2D eigenvalue weighted by Crippen LogP contribution is 2.34. The van der Waals surface area contributed by atoms with Crippen molar-refractivity contribution in [3.63, 3.8) is 0 Å². The topological polar surface area (TPSA) is 68.7 Å². The largest absolute Gasteiger partial charge is 0.493 e. The number of hydrogen-bond donors (Lipinski definition) is 1. The van der Waals surface area contributed by atoms with Gasteiger partial charge in [-0.2, -0.15) is 0 Å². The number of nitrogens with one attached hydrogen (secondary N) is 1. The van der Waals surface area contributed by atoms with E-state index < -0.39 is 0 Å². The van der Waals surface area contributed by atoms with E-state index in [1.54, 1.807) is 13.2 Å².